The van der Waals surface area contributed by atoms with E-state index in [0.717, 1.165) is 24.0 Å². The van der Waals surface area contributed by atoms with Crippen LogP contribution in [0, 0.1) is 12.7 Å². The number of aliphatic hydroxyl groups excluding tert-OH is 1. The normalized spacial score (nSPS) is 17.2. The zero-order valence-electron chi connectivity index (χ0n) is 24.8. The van der Waals surface area contributed by atoms with E-state index >= 15 is 4.39 Å². The quantitative estimate of drug-likeness (QED) is 0.100. The second-order valence-electron chi connectivity index (χ2n) is 10.5. The van der Waals surface area contributed by atoms with Gasteiger partial charge in [-0.05, 0) is 43.5 Å². The summed E-state index contributed by atoms with van der Waals surface area (Å²) in [5.41, 5.74) is 0.724. The molecule has 3 rings (SSSR count). The zero-order valence-corrected chi connectivity index (χ0v) is 24.8. The van der Waals surface area contributed by atoms with Crippen molar-refractivity contribution in [1.29, 1.82) is 0 Å². The molecule has 1 N–H and O–H groups in total. The molecule has 232 valence electrons. The molecule has 3 heterocycles. The Bertz CT molecular complexity index is 1410. The van der Waals surface area contributed by atoms with Gasteiger partial charge in [0.25, 0.3) is 6.43 Å². The van der Waals surface area contributed by atoms with Gasteiger partial charge in [0, 0.05) is 32.9 Å². The lowest BCUT2D eigenvalue weighted by molar-refractivity contribution is -0.129. The average Bonchev–Trinajstić information content (AvgIpc) is 2.95. The summed E-state index contributed by atoms with van der Waals surface area (Å²) in [6.07, 6.45) is -1.75. The number of nitrogens with zero attached hydrogens (tertiary/aromatic N) is 6. The second kappa shape index (κ2) is 13.8. The van der Waals surface area contributed by atoms with Crippen LogP contribution in [0.3, 0.4) is 0 Å². The molecule has 0 aliphatic carbocycles. The van der Waals surface area contributed by atoms with E-state index in [1.165, 1.54) is 16.8 Å². The summed E-state index contributed by atoms with van der Waals surface area (Å²) in [6, 6.07) is 1.04. The number of amidine groups is 1. The number of allylic oxidation sites excluding steroid dienone is 1. The van der Waals surface area contributed by atoms with Crippen LogP contribution in [0.25, 0.3) is 0 Å². The maximum Gasteiger partial charge on any atom is 0.260 e. The van der Waals surface area contributed by atoms with Gasteiger partial charge in [-0.3, -0.25) is 24.5 Å². The Morgan fingerprint density at radius 2 is 1.91 bits per heavy atom. The largest absolute Gasteiger partial charge is 0.512 e. The number of piperazine rings is 1. The number of hydrogen-bond donors (Lipinski definition) is 1. The van der Waals surface area contributed by atoms with Crippen molar-refractivity contribution in [3.8, 4) is 0 Å². The summed E-state index contributed by atoms with van der Waals surface area (Å²) >= 11 is 0. The monoisotopic (exact) mass is 604 g/mol. The van der Waals surface area contributed by atoms with Crippen LogP contribution in [0.5, 0.6) is 0 Å². The molecule has 0 bridgehead atoms. The van der Waals surface area contributed by atoms with E-state index < -0.39 is 47.7 Å². The topological polar surface area (TPSA) is 102 Å². The Labute approximate surface area is 248 Å². The summed E-state index contributed by atoms with van der Waals surface area (Å²) in [7, 11) is 1.32. The highest BCUT2D eigenvalue weighted by atomic mass is 19.3. The molecule has 3 atom stereocenters. The first-order chi connectivity index (χ1) is 20.3. The van der Waals surface area contributed by atoms with Gasteiger partial charge in [-0.2, -0.15) is 0 Å². The van der Waals surface area contributed by atoms with Crippen molar-refractivity contribution in [1.82, 2.24) is 19.8 Å². The minimum atomic E-state index is -2.94. The Morgan fingerprint density at radius 3 is 2.42 bits per heavy atom. The van der Waals surface area contributed by atoms with Gasteiger partial charge in [0.15, 0.2) is 5.82 Å². The molecule has 1 aliphatic heterocycles. The van der Waals surface area contributed by atoms with E-state index in [2.05, 4.69) is 28.1 Å². The molecule has 0 spiro atoms. The van der Waals surface area contributed by atoms with Gasteiger partial charge >= 0.3 is 0 Å². The lowest BCUT2D eigenvalue weighted by atomic mass is 9.96. The van der Waals surface area contributed by atoms with Gasteiger partial charge in [-0.1, -0.05) is 27.0 Å². The van der Waals surface area contributed by atoms with Crippen molar-refractivity contribution in [2.75, 3.05) is 31.6 Å². The standard InChI is InChI=1S/C30H36F4N6O3/c1-8-23(43)38-11-12-39(22(14-38)28(33)34)29(35-7)20-13-21(32)26(24(18(5)31)19(6)42)37-30(20)40(15-41)27-17(4)9-10-36-25(27)16(2)3/h8-10,13,15-16,18,22,24,28,42H,1,6,11-12,14H2,2-5,7H3. The third kappa shape index (κ3) is 6.70. The molecule has 0 radical (unpaired) electrons. The first kappa shape index (κ1) is 33.2. The molecule has 0 saturated carbocycles. The number of hydrogen-bond acceptors (Lipinski definition) is 6. The van der Waals surface area contributed by atoms with Crippen LogP contribution < -0.4 is 4.90 Å². The van der Waals surface area contributed by atoms with Crippen LogP contribution in [-0.4, -0.2) is 88.3 Å². The summed E-state index contributed by atoms with van der Waals surface area (Å²) in [5, 5.41) is 10.2. The van der Waals surface area contributed by atoms with Crippen LogP contribution in [0.2, 0.25) is 0 Å². The molecule has 13 heteroatoms. The number of carbonyl (C=O) groups is 2. The van der Waals surface area contributed by atoms with Gasteiger partial charge in [0.1, 0.15) is 23.9 Å². The van der Waals surface area contributed by atoms with Crippen LogP contribution in [0.4, 0.5) is 29.1 Å². The highest BCUT2D eigenvalue weighted by Crippen LogP contribution is 2.38. The number of halogens is 4. The van der Waals surface area contributed by atoms with Crippen molar-refractivity contribution in [2.24, 2.45) is 4.99 Å². The molecule has 3 unspecified atom stereocenters. The first-order valence-electron chi connectivity index (χ1n) is 13.6. The summed E-state index contributed by atoms with van der Waals surface area (Å²) < 4.78 is 59.3. The predicted octanol–water partition coefficient (Wildman–Crippen LogP) is 5.20. The number of amides is 2. The van der Waals surface area contributed by atoms with Gasteiger partial charge in [-0.25, -0.2) is 22.5 Å². The molecule has 2 aromatic rings. The molecular formula is C30H36F4N6O3. The lowest BCUT2D eigenvalue weighted by Crippen LogP contribution is -2.59. The number of pyridine rings is 2. The van der Waals surface area contributed by atoms with E-state index in [0.29, 0.717) is 23.4 Å². The summed E-state index contributed by atoms with van der Waals surface area (Å²) in [6.45, 7) is 12.9. The number of aliphatic imine (C=N–C) groups is 1. The van der Waals surface area contributed by atoms with Crippen molar-refractivity contribution < 1.29 is 32.3 Å². The minimum Gasteiger partial charge on any atom is -0.512 e. The maximum absolute atomic E-state index is 15.8. The van der Waals surface area contributed by atoms with E-state index in [4.69, 9.17) is 0 Å². The number of alkyl halides is 3. The molecule has 43 heavy (non-hydrogen) atoms. The number of carbonyl (C=O) groups excluding carboxylic acids is 2. The highest BCUT2D eigenvalue weighted by Gasteiger charge is 2.39. The lowest BCUT2D eigenvalue weighted by Gasteiger charge is -2.42. The fourth-order valence-electron chi connectivity index (χ4n) is 5.24. The van der Waals surface area contributed by atoms with Crippen molar-refractivity contribution in [3.63, 3.8) is 0 Å². The molecular weight excluding hydrogens is 568 g/mol. The van der Waals surface area contributed by atoms with E-state index in [-0.39, 0.29) is 42.8 Å². The number of aliphatic hydroxyl groups is 1. The molecule has 1 aliphatic rings. The Balaban J connectivity index is 2.35. The molecule has 2 amide bonds. The van der Waals surface area contributed by atoms with E-state index in [9.17, 15) is 27.9 Å². The number of aromatic nitrogens is 2. The summed E-state index contributed by atoms with van der Waals surface area (Å²) in [4.78, 5) is 41.6. The van der Waals surface area contributed by atoms with Crippen molar-refractivity contribution in [3.05, 3.63) is 71.7 Å². The SMILES string of the molecule is C=CC(=O)N1CCN(C(=NC)c2cc(F)c(C(C(=C)O)C(C)F)nc2N(C=O)c2c(C)ccnc2C(C)C)C(C(F)F)C1. The molecule has 1 fully saturated rings. The Kier molecular flexibility index (Phi) is 10.7. The van der Waals surface area contributed by atoms with Gasteiger partial charge < -0.3 is 14.9 Å². The van der Waals surface area contributed by atoms with Crippen LogP contribution in [0.15, 0.2) is 48.3 Å². The minimum absolute atomic E-state index is 0.0405. The van der Waals surface area contributed by atoms with Crippen molar-refractivity contribution in [2.45, 2.75) is 58.2 Å². The Hall–Kier alpha value is -4.29. The number of rotatable bonds is 10. The maximum atomic E-state index is 15.8. The third-order valence-corrected chi connectivity index (χ3v) is 7.29. The van der Waals surface area contributed by atoms with Gasteiger partial charge in [-0.15, -0.1) is 0 Å². The molecule has 1 saturated heterocycles. The Morgan fingerprint density at radius 1 is 1.23 bits per heavy atom. The fourth-order valence-corrected chi connectivity index (χ4v) is 5.24. The van der Waals surface area contributed by atoms with E-state index in [1.54, 1.807) is 19.2 Å². The third-order valence-electron chi connectivity index (χ3n) is 7.29. The smallest absolute Gasteiger partial charge is 0.260 e. The van der Waals surface area contributed by atoms with E-state index in [1.807, 2.05) is 13.8 Å². The molecule has 2 aromatic heterocycles. The van der Waals surface area contributed by atoms with Crippen LogP contribution in [0.1, 0.15) is 55.1 Å². The molecule has 0 aromatic carbocycles. The van der Waals surface area contributed by atoms with Gasteiger partial charge in [0.05, 0.1) is 34.3 Å². The number of anilines is 2. The number of aryl methyl sites for hydroxylation is 1. The first-order valence-corrected chi connectivity index (χ1v) is 13.6. The molecule has 9 nitrogen and oxygen atoms in total. The highest BCUT2D eigenvalue weighted by molar-refractivity contribution is 6.06. The average molecular weight is 605 g/mol. The fraction of sp³-hybridized carbons (Fsp3) is 0.433. The summed E-state index contributed by atoms with van der Waals surface area (Å²) in [5.74, 6) is -4.43. The zero-order chi connectivity index (χ0) is 32.2. The second-order valence-corrected chi connectivity index (χ2v) is 10.5. The van der Waals surface area contributed by atoms with Crippen molar-refractivity contribution >= 4 is 29.7 Å². The van der Waals surface area contributed by atoms with Crippen LogP contribution >= 0.6 is 0 Å². The van der Waals surface area contributed by atoms with Gasteiger partial charge in [0.2, 0.25) is 12.3 Å². The predicted molar refractivity (Wildman–Crippen MR) is 156 cm³/mol. The van der Waals surface area contributed by atoms with Crippen LogP contribution in [-0.2, 0) is 9.59 Å².